The van der Waals surface area contributed by atoms with E-state index in [1.54, 1.807) is 4.90 Å². The molecule has 3 fully saturated rings. The Morgan fingerprint density at radius 3 is 2.53 bits per heavy atom. The monoisotopic (exact) mass is 410 g/mol. The number of amides is 3. The summed E-state index contributed by atoms with van der Waals surface area (Å²) in [5, 5.41) is 2.36. The van der Waals surface area contributed by atoms with Gasteiger partial charge in [-0.1, -0.05) is 18.6 Å². The number of benzene rings is 1. The van der Waals surface area contributed by atoms with Gasteiger partial charge in [0.1, 0.15) is 6.04 Å². The lowest BCUT2D eigenvalue weighted by Gasteiger charge is -2.49. The normalized spacial score (nSPS) is 31.6. The van der Waals surface area contributed by atoms with Crippen LogP contribution in [-0.4, -0.2) is 52.2 Å². The third-order valence-corrected chi connectivity index (χ3v) is 7.51. The zero-order valence-corrected chi connectivity index (χ0v) is 17.3. The first kappa shape index (κ1) is 19.7. The number of hydrogen-bond acceptors (Lipinski definition) is 5. The summed E-state index contributed by atoms with van der Waals surface area (Å²) >= 11 is 0. The van der Waals surface area contributed by atoms with Gasteiger partial charge in [0, 0.05) is 37.2 Å². The molecule has 4 heterocycles. The van der Waals surface area contributed by atoms with E-state index in [1.807, 2.05) is 6.07 Å². The Labute approximate surface area is 177 Å². The smallest absolute Gasteiger partial charge is 0.255 e. The van der Waals surface area contributed by atoms with E-state index < -0.39 is 6.04 Å². The van der Waals surface area contributed by atoms with Crippen LogP contribution in [0, 0.1) is 5.92 Å². The molecule has 3 saturated heterocycles. The molecule has 4 aliphatic rings. The maximum absolute atomic E-state index is 12.9. The second-order valence-corrected chi connectivity index (χ2v) is 9.38. The van der Waals surface area contributed by atoms with Crippen molar-refractivity contribution in [1.82, 2.24) is 15.1 Å². The minimum absolute atomic E-state index is 0.105. The minimum Gasteiger partial charge on any atom is -0.330 e. The standard InChI is InChI=1S/C23H30N4O3/c24-11-15-9-17-2-1-3-18(10-15)26(17)12-14-4-5-19-16(8-14)13-27(23(19)30)20-6-7-21(28)25-22(20)29/h4-5,8,15,17-18,20H,1-3,6-7,9-13,24H2,(H,25,28,29). The van der Waals surface area contributed by atoms with E-state index in [0.29, 0.717) is 36.5 Å². The van der Waals surface area contributed by atoms with E-state index in [1.165, 1.54) is 37.7 Å². The number of carbonyl (C=O) groups excluding carboxylic acids is 3. The lowest BCUT2D eigenvalue weighted by atomic mass is 9.78. The summed E-state index contributed by atoms with van der Waals surface area (Å²) in [7, 11) is 0. The van der Waals surface area contributed by atoms with Crippen molar-refractivity contribution in [3.05, 3.63) is 34.9 Å². The van der Waals surface area contributed by atoms with E-state index in [-0.39, 0.29) is 24.1 Å². The zero-order valence-electron chi connectivity index (χ0n) is 17.3. The van der Waals surface area contributed by atoms with Crippen LogP contribution in [0.2, 0.25) is 0 Å². The largest absolute Gasteiger partial charge is 0.330 e. The molecule has 1 aromatic rings. The number of rotatable bonds is 4. The molecule has 0 radical (unpaired) electrons. The highest BCUT2D eigenvalue weighted by atomic mass is 16.2. The lowest BCUT2D eigenvalue weighted by molar-refractivity contribution is -0.136. The summed E-state index contributed by atoms with van der Waals surface area (Å²) < 4.78 is 0. The van der Waals surface area contributed by atoms with Gasteiger partial charge in [-0.05, 0) is 61.8 Å². The molecule has 5 rings (SSSR count). The second kappa shape index (κ2) is 7.78. The predicted octanol–water partition coefficient (Wildman–Crippen LogP) is 1.54. The third-order valence-electron chi connectivity index (χ3n) is 7.51. The maximum Gasteiger partial charge on any atom is 0.255 e. The van der Waals surface area contributed by atoms with Crippen LogP contribution < -0.4 is 11.1 Å². The van der Waals surface area contributed by atoms with Gasteiger partial charge in [0.15, 0.2) is 0 Å². The molecule has 0 aromatic heterocycles. The molecular formula is C23H30N4O3. The van der Waals surface area contributed by atoms with E-state index in [4.69, 9.17) is 5.73 Å². The first-order valence-corrected chi connectivity index (χ1v) is 11.3. The molecule has 1 aromatic carbocycles. The van der Waals surface area contributed by atoms with Crippen LogP contribution in [0.5, 0.6) is 0 Å². The fraction of sp³-hybridized carbons (Fsp3) is 0.609. The fourth-order valence-corrected chi connectivity index (χ4v) is 5.98. The fourth-order valence-electron chi connectivity index (χ4n) is 5.98. The van der Waals surface area contributed by atoms with Gasteiger partial charge in [-0.3, -0.25) is 24.6 Å². The molecular weight excluding hydrogens is 380 g/mol. The Morgan fingerprint density at radius 1 is 1.07 bits per heavy atom. The van der Waals surface area contributed by atoms with Crippen molar-refractivity contribution < 1.29 is 14.4 Å². The van der Waals surface area contributed by atoms with Crippen LogP contribution in [0.4, 0.5) is 0 Å². The van der Waals surface area contributed by atoms with Gasteiger partial charge in [-0.2, -0.15) is 0 Å². The maximum atomic E-state index is 12.9. The second-order valence-electron chi connectivity index (χ2n) is 9.38. The van der Waals surface area contributed by atoms with Gasteiger partial charge in [0.05, 0.1) is 0 Å². The van der Waals surface area contributed by atoms with Crippen molar-refractivity contribution in [3.8, 4) is 0 Å². The van der Waals surface area contributed by atoms with Crippen LogP contribution >= 0.6 is 0 Å². The SMILES string of the molecule is NCC1CC2CCCC(C1)N2Cc1ccc2c(c1)CN(C1CCC(=O)NC1=O)C2=O. The number of nitrogens with two attached hydrogens (primary N) is 1. The number of hydrogen-bond donors (Lipinski definition) is 2. The van der Waals surface area contributed by atoms with Crippen molar-refractivity contribution in [2.24, 2.45) is 11.7 Å². The summed E-state index contributed by atoms with van der Waals surface area (Å²) in [5.74, 6) is -0.0715. The number of piperidine rings is 3. The highest BCUT2D eigenvalue weighted by Crippen LogP contribution is 2.38. The number of fused-ring (bicyclic) bond motifs is 3. The average Bonchev–Trinajstić information content (AvgIpc) is 3.03. The number of nitrogens with one attached hydrogen (secondary N) is 1. The van der Waals surface area contributed by atoms with Crippen molar-refractivity contribution in [3.63, 3.8) is 0 Å². The van der Waals surface area contributed by atoms with E-state index >= 15 is 0 Å². The first-order valence-electron chi connectivity index (χ1n) is 11.3. The van der Waals surface area contributed by atoms with Gasteiger partial charge < -0.3 is 10.6 Å². The Hall–Kier alpha value is -2.25. The highest BCUT2D eigenvalue weighted by molar-refractivity contribution is 6.05. The van der Waals surface area contributed by atoms with Crippen molar-refractivity contribution in [2.75, 3.05) is 6.54 Å². The molecule has 4 aliphatic heterocycles. The summed E-state index contributed by atoms with van der Waals surface area (Å²) in [6, 6.07) is 6.79. The van der Waals surface area contributed by atoms with E-state index in [9.17, 15) is 14.4 Å². The Balaban J connectivity index is 1.31. The number of imide groups is 1. The Morgan fingerprint density at radius 2 is 1.83 bits per heavy atom. The highest BCUT2D eigenvalue weighted by Gasteiger charge is 2.40. The molecule has 0 aliphatic carbocycles. The topological polar surface area (TPSA) is 95.7 Å². The van der Waals surface area contributed by atoms with Crippen LogP contribution in [0.25, 0.3) is 0 Å². The summed E-state index contributed by atoms with van der Waals surface area (Å²) in [6.45, 7) is 2.14. The predicted molar refractivity (Wildman–Crippen MR) is 111 cm³/mol. The Kier molecular flexibility index (Phi) is 5.11. The van der Waals surface area contributed by atoms with E-state index in [2.05, 4.69) is 22.3 Å². The summed E-state index contributed by atoms with van der Waals surface area (Å²) in [6.07, 6.45) is 6.88. The Bertz CT molecular complexity index is 871. The third kappa shape index (κ3) is 3.44. The minimum atomic E-state index is -0.555. The molecule has 160 valence electrons. The molecule has 3 amide bonds. The van der Waals surface area contributed by atoms with Crippen molar-refractivity contribution >= 4 is 17.7 Å². The first-order chi connectivity index (χ1) is 14.5. The molecule has 7 nitrogen and oxygen atoms in total. The summed E-state index contributed by atoms with van der Waals surface area (Å²) in [4.78, 5) is 40.9. The summed E-state index contributed by atoms with van der Waals surface area (Å²) in [5.41, 5.74) is 8.88. The van der Waals surface area contributed by atoms with Gasteiger partial charge in [-0.15, -0.1) is 0 Å². The van der Waals surface area contributed by atoms with E-state index in [0.717, 1.165) is 18.7 Å². The van der Waals surface area contributed by atoms with Gasteiger partial charge >= 0.3 is 0 Å². The van der Waals surface area contributed by atoms with Crippen LogP contribution in [-0.2, 0) is 22.7 Å². The van der Waals surface area contributed by atoms with Gasteiger partial charge in [0.25, 0.3) is 5.91 Å². The quantitative estimate of drug-likeness (QED) is 0.734. The van der Waals surface area contributed by atoms with Gasteiger partial charge in [0.2, 0.25) is 11.8 Å². The number of carbonyl (C=O) groups is 3. The molecule has 3 unspecified atom stereocenters. The molecule has 3 N–H and O–H groups in total. The van der Waals surface area contributed by atoms with Crippen LogP contribution in [0.3, 0.4) is 0 Å². The zero-order chi connectivity index (χ0) is 20.8. The molecule has 3 atom stereocenters. The molecule has 7 heteroatoms. The van der Waals surface area contributed by atoms with Crippen LogP contribution in [0.1, 0.15) is 66.4 Å². The van der Waals surface area contributed by atoms with Crippen molar-refractivity contribution in [1.29, 1.82) is 0 Å². The molecule has 2 bridgehead atoms. The van der Waals surface area contributed by atoms with Crippen LogP contribution in [0.15, 0.2) is 18.2 Å². The lowest BCUT2D eigenvalue weighted by Crippen LogP contribution is -2.52. The molecule has 0 spiro atoms. The van der Waals surface area contributed by atoms with Gasteiger partial charge in [-0.25, -0.2) is 0 Å². The van der Waals surface area contributed by atoms with Crippen molar-refractivity contribution in [2.45, 2.75) is 76.2 Å². The molecule has 0 saturated carbocycles. The molecule has 30 heavy (non-hydrogen) atoms. The average molecular weight is 411 g/mol. The number of nitrogens with zero attached hydrogens (tertiary/aromatic N) is 2.